The largest absolute Gasteiger partial charge is 0.417 e. The average Bonchev–Trinajstić information content (AvgIpc) is 0.821. The van der Waals surface area contributed by atoms with Gasteiger partial charge < -0.3 is 30.7 Å². The lowest BCUT2D eigenvalue weighted by Gasteiger charge is -2.40. The third kappa shape index (κ3) is 16.0. The topological polar surface area (TPSA) is 239 Å². The lowest BCUT2D eigenvalue weighted by Crippen LogP contribution is -2.52. The zero-order valence-electron chi connectivity index (χ0n) is 51.8. The highest BCUT2D eigenvalue weighted by Gasteiger charge is 2.38. The number of carbonyl (C=O) groups is 3. The molecule has 3 aliphatic heterocycles. The first-order chi connectivity index (χ1) is 45.2. The highest BCUT2D eigenvalue weighted by atomic mass is 35.5. The lowest BCUT2D eigenvalue weighted by atomic mass is 9.95. The molecule has 0 aliphatic carbocycles. The predicted octanol–water partition coefficient (Wildman–Crippen LogP) is 12.9. The fourth-order valence-corrected chi connectivity index (χ4v) is 11.8. The molecule has 3 saturated heterocycles. The Morgan fingerprint density at radius 2 is 0.979 bits per heavy atom. The van der Waals surface area contributed by atoms with E-state index in [1.807, 2.05) is 47.9 Å². The van der Waals surface area contributed by atoms with Gasteiger partial charge >= 0.3 is 6.18 Å². The van der Waals surface area contributed by atoms with Crippen LogP contribution >= 0.6 is 23.2 Å². The molecule has 8 aromatic heterocycles. The lowest BCUT2D eigenvalue weighted by molar-refractivity contribution is -0.138. The van der Waals surface area contributed by atoms with Gasteiger partial charge in [0.15, 0.2) is 29.1 Å². The van der Waals surface area contributed by atoms with Gasteiger partial charge in [-0.3, -0.25) is 24.4 Å². The molecule has 12 rings (SSSR count). The maximum atomic E-state index is 14.8. The van der Waals surface area contributed by atoms with Crippen molar-refractivity contribution < 1.29 is 36.3 Å². The van der Waals surface area contributed by atoms with E-state index in [0.29, 0.717) is 88.9 Å². The van der Waals surface area contributed by atoms with Crippen LogP contribution in [0.4, 0.5) is 39.4 Å². The number of rotatable bonds is 12. The van der Waals surface area contributed by atoms with Gasteiger partial charge in [-0.25, -0.2) is 53.6 Å². The number of aryl methyl sites for hydroxylation is 2. The molecule has 0 unspecified atom stereocenters. The van der Waals surface area contributed by atoms with Gasteiger partial charge in [-0.05, 0) is 151 Å². The van der Waals surface area contributed by atoms with Crippen molar-refractivity contribution in [3.05, 3.63) is 202 Å². The molecule has 0 saturated carbocycles. The molecule has 11 heterocycles. The van der Waals surface area contributed by atoms with Gasteiger partial charge in [0.1, 0.15) is 28.8 Å². The van der Waals surface area contributed by atoms with Gasteiger partial charge in [0, 0.05) is 130 Å². The number of nitrogens with zero attached hydrogens (tertiary/aromatic N) is 14. The van der Waals surface area contributed by atoms with Gasteiger partial charge in [-0.1, -0.05) is 35.3 Å². The van der Waals surface area contributed by atoms with Crippen molar-refractivity contribution in [3.8, 4) is 34.2 Å². The molecule has 3 aliphatic rings. The van der Waals surface area contributed by atoms with Crippen molar-refractivity contribution in [1.82, 2.24) is 69.5 Å². The van der Waals surface area contributed by atoms with E-state index >= 15 is 0 Å². The predicted molar refractivity (Wildman–Crippen MR) is 347 cm³/mol. The first kappa shape index (κ1) is 67.1. The molecule has 3 fully saturated rings. The summed E-state index contributed by atoms with van der Waals surface area (Å²) in [5.74, 6) is -0.321. The molecular formula is C67H66Cl2F5N17O3. The van der Waals surface area contributed by atoms with Crippen LogP contribution in [-0.4, -0.2) is 143 Å². The zero-order chi connectivity index (χ0) is 66.6. The number of piperidine rings is 3. The first-order valence-electron chi connectivity index (χ1n) is 30.4. The summed E-state index contributed by atoms with van der Waals surface area (Å²) in [5.41, 5.74) is 2.84. The number of amides is 3. The van der Waals surface area contributed by atoms with Crippen LogP contribution in [-0.2, 0) is 6.18 Å². The fourth-order valence-electron chi connectivity index (χ4n) is 11.6. The van der Waals surface area contributed by atoms with E-state index in [1.165, 1.54) is 29.4 Å². The quantitative estimate of drug-likeness (QED) is 0.0964. The molecule has 20 nitrogen and oxygen atoms in total. The second-order valence-corrected chi connectivity index (χ2v) is 23.7. The summed E-state index contributed by atoms with van der Waals surface area (Å²) in [6, 6.07) is 19.8. The molecule has 0 radical (unpaired) electrons. The van der Waals surface area contributed by atoms with Crippen molar-refractivity contribution in [2.45, 2.75) is 116 Å². The van der Waals surface area contributed by atoms with Crippen LogP contribution in [0.1, 0.15) is 107 Å². The van der Waals surface area contributed by atoms with E-state index in [9.17, 15) is 36.3 Å². The average molecular weight is 1320 g/mol. The molecule has 3 amide bonds. The normalized spacial score (nSPS) is 18.7. The van der Waals surface area contributed by atoms with Crippen molar-refractivity contribution >= 4 is 58.4 Å². The minimum atomic E-state index is -4.71. The second-order valence-electron chi connectivity index (χ2n) is 22.8. The molecule has 0 spiro atoms. The minimum absolute atomic E-state index is 0.0311. The van der Waals surface area contributed by atoms with Crippen molar-refractivity contribution in [3.63, 3.8) is 0 Å². The summed E-state index contributed by atoms with van der Waals surface area (Å²) in [5, 5.41) is 10.9. The van der Waals surface area contributed by atoms with Crippen LogP contribution in [0.25, 0.3) is 34.2 Å². The number of hydrogen-bond donors (Lipinski definition) is 3. The smallest absolute Gasteiger partial charge is 0.365 e. The zero-order valence-corrected chi connectivity index (χ0v) is 53.3. The van der Waals surface area contributed by atoms with Crippen LogP contribution < -0.4 is 16.0 Å². The Labute approximate surface area is 549 Å². The third-order valence-electron chi connectivity index (χ3n) is 16.6. The first-order valence-corrected chi connectivity index (χ1v) is 31.2. The Morgan fingerprint density at radius 3 is 1.48 bits per heavy atom. The minimum Gasteiger partial charge on any atom is -0.365 e. The van der Waals surface area contributed by atoms with E-state index in [2.05, 4.69) is 84.6 Å². The summed E-state index contributed by atoms with van der Waals surface area (Å²) in [4.78, 5) is 92.4. The van der Waals surface area contributed by atoms with Crippen molar-refractivity contribution in [2.75, 3.05) is 35.6 Å². The van der Waals surface area contributed by atoms with E-state index in [-0.39, 0.29) is 58.8 Å². The van der Waals surface area contributed by atoms with E-state index in [1.54, 1.807) is 92.9 Å². The van der Waals surface area contributed by atoms with E-state index in [0.717, 1.165) is 48.4 Å². The fraction of sp³-hybridized carbons (Fsp3) is 0.313. The highest BCUT2D eigenvalue weighted by Crippen LogP contribution is 2.34. The Balaban J connectivity index is 0.000000154. The maximum Gasteiger partial charge on any atom is 0.417 e. The van der Waals surface area contributed by atoms with Gasteiger partial charge in [-0.2, -0.15) is 13.2 Å². The number of aromatic nitrogens is 11. The van der Waals surface area contributed by atoms with Crippen molar-refractivity contribution in [1.29, 1.82) is 0 Å². The standard InChI is InChI=1S/C23H20F5N5O.2C22H23ClN6O/c1-13-18(32-21-17(25)11-14(12-31-21)23(26,27)28)7-3-10-33(13)22(34)19-15(5-2-6-16(19)24)20-29-8-4-9-30-20;1-14-8-11-24-20(19(14)21-25-9-4-10-26-21)22(30)29-12-3-5-17(15(29)2)28-18-7-6-16(23)13-27-18;1-14-11-17(21-24-8-4-9-25-21)20(27-12-14)22(30)29-10-3-5-18(15(29)2)28-19-7-6-16(23)13-26-19/h2,4-6,8-9,11-13,18H,3,7,10H2,1H3,(H,31,32);4,6-11,13,15,17H,3,5,12H2,1-2H3,(H,27,28);4,6-9,11-13,15,18H,3,5,10H2,1-2H3,(H,26,28)/t13-,18+;15-,17+;15-,18+/m000/s1. The second kappa shape index (κ2) is 30.3. The van der Waals surface area contributed by atoms with Gasteiger partial charge in [0.05, 0.1) is 32.3 Å². The number of carbonyl (C=O) groups excluding carboxylic acids is 3. The van der Waals surface area contributed by atoms with Crippen LogP contribution in [0, 0.1) is 25.5 Å². The Hall–Kier alpha value is -9.75. The van der Waals surface area contributed by atoms with E-state index in [4.69, 9.17) is 23.2 Å². The monoisotopic (exact) mass is 1320 g/mol. The molecule has 9 aromatic rings. The molecule has 6 atom stereocenters. The number of pyridine rings is 5. The number of alkyl halides is 3. The van der Waals surface area contributed by atoms with E-state index < -0.39 is 41.4 Å². The molecule has 0 bridgehead atoms. The number of halogens is 7. The van der Waals surface area contributed by atoms with Crippen LogP contribution in [0.5, 0.6) is 0 Å². The number of benzene rings is 1. The summed E-state index contributed by atoms with van der Waals surface area (Å²) in [7, 11) is 0. The van der Waals surface area contributed by atoms with Crippen LogP contribution in [0.2, 0.25) is 10.0 Å². The van der Waals surface area contributed by atoms with Crippen LogP contribution in [0.3, 0.4) is 0 Å². The van der Waals surface area contributed by atoms with Crippen molar-refractivity contribution in [2.24, 2.45) is 0 Å². The van der Waals surface area contributed by atoms with Gasteiger partial charge in [0.2, 0.25) is 0 Å². The van der Waals surface area contributed by atoms with Gasteiger partial charge in [0.25, 0.3) is 17.7 Å². The van der Waals surface area contributed by atoms with Gasteiger partial charge in [-0.15, -0.1) is 0 Å². The summed E-state index contributed by atoms with van der Waals surface area (Å²) in [6.07, 6.45) is 16.8. The molecular weight excluding hydrogens is 1260 g/mol. The molecule has 27 heteroatoms. The Kier molecular flexibility index (Phi) is 21.7. The Bertz CT molecular complexity index is 4080. The molecule has 486 valence electrons. The number of anilines is 3. The number of likely N-dealkylation sites (tertiary alicyclic amines) is 3. The SMILES string of the molecule is C[C@H]1[C@H](Nc2ncc(C(F)(F)F)cc2F)CCCN1C(=O)c1c(F)cccc1-c1ncccn1.Cc1ccnc(C(=O)N2CCC[C@@H](Nc3ccc(Cl)cn3)[C@@H]2C)c1-c1ncccn1.Cc1cnc(C(=O)N2CCC[C@@H](Nc3ccc(Cl)cn3)[C@@H]2C)c(-c2ncccn2)c1. The molecule has 1 aromatic carbocycles. The third-order valence-corrected chi connectivity index (χ3v) is 17.0. The summed E-state index contributed by atoms with van der Waals surface area (Å²) >= 11 is 11.9. The number of hydrogen-bond acceptors (Lipinski definition) is 17. The Morgan fingerprint density at radius 1 is 0.489 bits per heavy atom. The summed E-state index contributed by atoms with van der Waals surface area (Å²) in [6.45, 7) is 11.4. The van der Waals surface area contributed by atoms with Crippen LogP contribution in [0.15, 0.2) is 147 Å². The summed E-state index contributed by atoms with van der Waals surface area (Å²) < 4.78 is 67.5. The maximum absolute atomic E-state index is 14.8. The molecule has 94 heavy (non-hydrogen) atoms. The molecule has 3 N–H and O–H groups in total. The highest BCUT2D eigenvalue weighted by molar-refractivity contribution is 6.30. The number of nitrogens with one attached hydrogen (secondary N) is 3.